The van der Waals surface area contributed by atoms with Gasteiger partial charge in [-0.25, -0.2) is 13.1 Å². The Balaban J connectivity index is 1.63. The van der Waals surface area contributed by atoms with E-state index in [2.05, 4.69) is 20.7 Å². The van der Waals surface area contributed by atoms with Gasteiger partial charge in [-0.1, -0.05) is 33.6 Å². The topological polar surface area (TPSA) is 86.7 Å². The van der Waals surface area contributed by atoms with Gasteiger partial charge in [0.25, 0.3) is 5.91 Å². The van der Waals surface area contributed by atoms with Crippen molar-refractivity contribution >= 4 is 31.9 Å². The summed E-state index contributed by atoms with van der Waals surface area (Å²) in [5.41, 5.74) is 1.25. The highest BCUT2D eigenvalue weighted by molar-refractivity contribution is 9.10. The highest BCUT2D eigenvalue weighted by Crippen LogP contribution is 2.26. The molecule has 2 N–H and O–H groups in total. The fourth-order valence-electron chi connectivity index (χ4n) is 3.30. The van der Waals surface area contributed by atoms with E-state index in [0.29, 0.717) is 17.6 Å². The SMILES string of the molecule is Cc1ccc(S(=O)(=O)NC[C@H]2CCCN(C(=O)c3ccc(Br)cc3O)C2)cc1. The lowest BCUT2D eigenvalue weighted by Crippen LogP contribution is -2.43. The van der Waals surface area contributed by atoms with Gasteiger partial charge in [0.2, 0.25) is 10.0 Å². The quantitative estimate of drug-likeness (QED) is 0.707. The minimum absolute atomic E-state index is 0.0236. The number of aryl methyl sites for hydroxylation is 1. The zero-order valence-corrected chi connectivity index (χ0v) is 18.0. The molecule has 2 aromatic carbocycles. The summed E-state index contributed by atoms with van der Waals surface area (Å²) in [5, 5.41) is 10.0. The van der Waals surface area contributed by atoms with Crippen LogP contribution in [-0.4, -0.2) is 44.0 Å². The number of carbonyl (C=O) groups is 1. The highest BCUT2D eigenvalue weighted by atomic mass is 79.9. The third-order valence-corrected chi connectivity index (χ3v) is 6.82. The summed E-state index contributed by atoms with van der Waals surface area (Å²) in [5.74, 6) is -0.284. The van der Waals surface area contributed by atoms with E-state index in [1.807, 2.05) is 6.92 Å². The van der Waals surface area contributed by atoms with Crippen LogP contribution in [0.2, 0.25) is 0 Å². The van der Waals surface area contributed by atoms with Gasteiger partial charge in [-0.3, -0.25) is 4.79 Å². The fraction of sp³-hybridized carbons (Fsp3) is 0.350. The van der Waals surface area contributed by atoms with Gasteiger partial charge in [-0.05, 0) is 56.0 Å². The summed E-state index contributed by atoms with van der Waals surface area (Å²) in [6.07, 6.45) is 1.63. The standard InChI is InChI=1S/C20H23BrN2O4S/c1-14-4-7-17(8-5-14)28(26,27)22-12-15-3-2-10-23(13-15)20(25)18-9-6-16(21)11-19(18)24/h4-9,11,15,22,24H,2-3,10,12-13H2,1H3/t15-/m1/s1. The van der Waals surface area contributed by atoms with Crippen molar-refractivity contribution in [3.05, 3.63) is 58.1 Å². The molecule has 0 radical (unpaired) electrons. The number of benzene rings is 2. The number of rotatable bonds is 5. The van der Waals surface area contributed by atoms with E-state index in [1.54, 1.807) is 41.3 Å². The monoisotopic (exact) mass is 466 g/mol. The van der Waals surface area contributed by atoms with E-state index in [9.17, 15) is 18.3 Å². The number of phenols is 1. The maximum Gasteiger partial charge on any atom is 0.257 e. The zero-order chi connectivity index (χ0) is 20.3. The first-order valence-electron chi connectivity index (χ1n) is 9.10. The summed E-state index contributed by atoms with van der Waals surface area (Å²) in [6.45, 7) is 3.22. The first-order chi connectivity index (χ1) is 13.3. The smallest absolute Gasteiger partial charge is 0.257 e. The first-order valence-corrected chi connectivity index (χ1v) is 11.4. The number of likely N-dealkylation sites (tertiary alicyclic amines) is 1. The second-order valence-corrected chi connectivity index (χ2v) is 9.77. The van der Waals surface area contributed by atoms with Crippen LogP contribution in [-0.2, 0) is 10.0 Å². The van der Waals surface area contributed by atoms with Crippen molar-refractivity contribution in [1.82, 2.24) is 9.62 Å². The first kappa shape index (κ1) is 20.8. The van der Waals surface area contributed by atoms with E-state index in [1.165, 1.54) is 6.07 Å². The van der Waals surface area contributed by atoms with Gasteiger partial charge in [0.15, 0.2) is 0 Å². The molecule has 0 bridgehead atoms. The van der Waals surface area contributed by atoms with Crippen LogP contribution in [0.4, 0.5) is 0 Å². The lowest BCUT2D eigenvalue weighted by molar-refractivity contribution is 0.0673. The van der Waals surface area contributed by atoms with Crippen molar-refractivity contribution in [2.75, 3.05) is 19.6 Å². The minimum Gasteiger partial charge on any atom is -0.507 e. The predicted octanol–water partition coefficient (Wildman–Crippen LogP) is 3.29. The van der Waals surface area contributed by atoms with Crippen LogP contribution in [0, 0.1) is 12.8 Å². The molecule has 1 heterocycles. The Morgan fingerprint density at radius 3 is 2.64 bits per heavy atom. The molecule has 1 aliphatic rings. The number of sulfonamides is 1. The van der Waals surface area contributed by atoms with Gasteiger partial charge in [-0.15, -0.1) is 0 Å². The van der Waals surface area contributed by atoms with Crippen LogP contribution in [0.3, 0.4) is 0 Å². The second kappa shape index (κ2) is 8.63. The predicted molar refractivity (Wildman–Crippen MR) is 111 cm³/mol. The number of nitrogens with zero attached hydrogens (tertiary/aromatic N) is 1. The zero-order valence-electron chi connectivity index (χ0n) is 15.6. The summed E-state index contributed by atoms with van der Waals surface area (Å²) >= 11 is 3.26. The summed E-state index contributed by atoms with van der Waals surface area (Å²) in [4.78, 5) is 14.7. The Hall–Kier alpha value is -1.90. The van der Waals surface area contributed by atoms with Gasteiger partial charge in [0.1, 0.15) is 5.75 Å². The molecular weight excluding hydrogens is 444 g/mol. The van der Waals surface area contributed by atoms with Crippen molar-refractivity contribution in [1.29, 1.82) is 0 Å². The Bertz CT molecular complexity index is 961. The molecule has 0 unspecified atom stereocenters. The van der Waals surface area contributed by atoms with Crippen molar-refractivity contribution in [3.63, 3.8) is 0 Å². The molecule has 0 aromatic heterocycles. The molecule has 0 aliphatic carbocycles. The molecule has 1 atom stereocenters. The van der Waals surface area contributed by atoms with Crippen LogP contribution in [0.1, 0.15) is 28.8 Å². The maximum atomic E-state index is 12.7. The molecular formula is C20H23BrN2O4S. The van der Waals surface area contributed by atoms with Crippen molar-refractivity contribution in [2.45, 2.75) is 24.7 Å². The molecule has 8 heteroatoms. The molecule has 1 saturated heterocycles. The number of amides is 1. The molecule has 1 amide bonds. The van der Waals surface area contributed by atoms with E-state index < -0.39 is 10.0 Å². The van der Waals surface area contributed by atoms with Crippen LogP contribution in [0.5, 0.6) is 5.75 Å². The van der Waals surface area contributed by atoms with Crippen LogP contribution in [0.15, 0.2) is 51.8 Å². The molecule has 2 aromatic rings. The van der Waals surface area contributed by atoms with E-state index in [0.717, 1.165) is 18.4 Å². The number of piperidine rings is 1. The number of hydrogen-bond acceptors (Lipinski definition) is 4. The second-order valence-electron chi connectivity index (χ2n) is 7.09. The average molecular weight is 467 g/mol. The molecule has 0 spiro atoms. The van der Waals surface area contributed by atoms with Gasteiger partial charge in [0.05, 0.1) is 10.5 Å². The molecule has 3 rings (SSSR count). The Kier molecular flexibility index (Phi) is 6.42. The number of phenolic OH excluding ortho intramolecular Hbond substituents is 1. The molecule has 6 nitrogen and oxygen atoms in total. The van der Waals surface area contributed by atoms with Gasteiger partial charge in [-0.2, -0.15) is 0 Å². The van der Waals surface area contributed by atoms with Crippen LogP contribution < -0.4 is 4.72 Å². The number of nitrogens with one attached hydrogen (secondary N) is 1. The van der Waals surface area contributed by atoms with Crippen molar-refractivity contribution in [2.24, 2.45) is 5.92 Å². The lowest BCUT2D eigenvalue weighted by Gasteiger charge is -2.33. The maximum absolute atomic E-state index is 12.7. The van der Waals surface area contributed by atoms with Crippen molar-refractivity contribution in [3.8, 4) is 5.75 Å². The van der Waals surface area contributed by atoms with E-state index in [-0.39, 0.29) is 34.6 Å². The summed E-state index contributed by atoms with van der Waals surface area (Å²) < 4.78 is 28.3. The average Bonchev–Trinajstić information content (AvgIpc) is 2.67. The third kappa shape index (κ3) is 4.92. The van der Waals surface area contributed by atoms with Crippen LogP contribution in [0.25, 0.3) is 0 Å². The lowest BCUT2D eigenvalue weighted by atomic mass is 9.97. The minimum atomic E-state index is -3.58. The summed E-state index contributed by atoms with van der Waals surface area (Å²) in [6, 6.07) is 11.5. The van der Waals surface area contributed by atoms with E-state index >= 15 is 0 Å². The molecule has 150 valence electrons. The normalized spacial score (nSPS) is 17.5. The van der Waals surface area contributed by atoms with Gasteiger partial charge < -0.3 is 10.0 Å². The third-order valence-electron chi connectivity index (χ3n) is 4.89. The summed E-state index contributed by atoms with van der Waals surface area (Å²) in [7, 11) is -3.58. The fourth-order valence-corrected chi connectivity index (χ4v) is 4.77. The largest absolute Gasteiger partial charge is 0.507 e. The van der Waals surface area contributed by atoms with Gasteiger partial charge >= 0.3 is 0 Å². The van der Waals surface area contributed by atoms with Crippen molar-refractivity contribution < 1.29 is 18.3 Å². The number of halogens is 1. The Labute approximate surface area is 173 Å². The number of aromatic hydroxyl groups is 1. The molecule has 0 saturated carbocycles. The Morgan fingerprint density at radius 1 is 1.25 bits per heavy atom. The van der Waals surface area contributed by atoms with E-state index in [4.69, 9.17) is 0 Å². The highest BCUT2D eigenvalue weighted by Gasteiger charge is 2.27. The Morgan fingerprint density at radius 2 is 1.96 bits per heavy atom. The molecule has 1 fully saturated rings. The van der Waals surface area contributed by atoms with Crippen LogP contribution >= 0.6 is 15.9 Å². The molecule has 1 aliphatic heterocycles. The number of hydrogen-bond donors (Lipinski definition) is 2. The molecule has 28 heavy (non-hydrogen) atoms. The number of carbonyl (C=O) groups excluding carboxylic acids is 1. The van der Waals surface area contributed by atoms with Gasteiger partial charge in [0, 0.05) is 24.1 Å².